The number of hydrogen-bond acceptors (Lipinski definition) is 6. The van der Waals surface area contributed by atoms with Crippen molar-refractivity contribution >= 4 is 34.7 Å². The van der Waals surface area contributed by atoms with E-state index >= 15 is 0 Å². The number of hydrogen-bond donors (Lipinski definition) is 3. The van der Waals surface area contributed by atoms with Crippen molar-refractivity contribution < 1.29 is 9.90 Å². The summed E-state index contributed by atoms with van der Waals surface area (Å²) in [5, 5.41) is 14.4. The summed E-state index contributed by atoms with van der Waals surface area (Å²) in [6.45, 7) is 5.80. The van der Waals surface area contributed by atoms with E-state index in [1.165, 1.54) is 12.5 Å². The Balaban J connectivity index is 1.85. The van der Waals surface area contributed by atoms with Crippen LogP contribution in [-0.2, 0) is 0 Å². The maximum Gasteiger partial charge on any atom is 0.353 e. The number of anilines is 2. The number of nitrogens with one attached hydrogen (secondary N) is 2. The fourth-order valence-electron chi connectivity index (χ4n) is 2.76. The van der Waals surface area contributed by atoms with Crippen molar-refractivity contribution in [2.75, 3.05) is 23.4 Å². The monoisotopic (exact) mass is 352 g/mol. The van der Waals surface area contributed by atoms with Gasteiger partial charge in [0.2, 0.25) is 0 Å². The van der Waals surface area contributed by atoms with Crippen molar-refractivity contribution in [1.82, 2.24) is 15.0 Å². The molecule has 0 fully saturated rings. The average Bonchev–Trinajstić information content (AvgIpc) is 3.02. The number of H-pyrrole nitrogens is 1. The van der Waals surface area contributed by atoms with Crippen LogP contribution in [0.1, 0.15) is 29.9 Å². The molecule has 134 valence electrons. The van der Waals surface area contributed by atoms with Crippen LogP contribution in [0.4, 0.5) is 11.6 Å². The van der Waals surface area contributed by atoms with Crippen molar-refractivity contribution in [1.29, 1.82) is 0 Å². The van der Waals surface area contributed by atoms with Crippen LogP contribution < -0.4 is 10.3 Å². The van der Waals surface area contributed by atoms with Crippen LogP contribution in [0.5, 0.6) is 0 Å². The number of para-hydroxylation sites is 1. The Hall–Kier alpha value is -3.42. The summed E-state index contributed by atoms with van der Waals surface area (Å²) >= 11 is 0. The largest absolute Gasteiger partial charge is 0.477 e. The Labute approximate surface area is 150 Å². The Morgan fingerprint density at radius 1 is 1.31 bits per heavy atom. The van der Waals surface area contributed by atoms with Crippen LogP contribution in [0, 0.1) is 0 Å². The lowest BCUT2D eigenvalue weighted by Gasteiger charge is -2.19. The SMILES string of the molecule is CCN(CC)c1cc(N/N=C/c2c(C(=O)O)[nH]c3ccccc23)ncn1. The first-order valence-corrected chi connectivity index (χ1v) is 8.34. The van der Waals surface area contributed by atoms with Gasteiger partial charge in [0.15, 0.2) is 5.82 Å². The van der Waals surface area contributed by atoms with Crippen LogP contribution in [0.25, 0.3) is 10.9 Å². The summed E-state index contributed by atoms with van der Waals surface area (Å²) in [7, 11) is 0. The summed E-state index contributed by atoms with van der Waals surface area (Å²) in [5.74, 6) is 0.310. The molecule has 8 heteroatoms. The molecule has 0 amide bonds. The third kappa shape index (κ3) is 3.49. The van der Waals surface area contributed by atoms with Gasteiger partial charge in [-0.3, -0.25) is 5.43 Å². The predicted molar refractivity (Wildman–Crippen MR) is 102 cm³/mol. The van der Waals surface area contributed by atoms with E-state index in [0.29, 0.717) is 11.4 Å². The molecule has 0 aliphatic heterocycles. The number of nitrogens with zero attached hydrogens (tertiary/aromatic N) is 4. The molecule has 1 aromatic carbocycles. The molecule has 26 heavy (non-hydrogen) atoms. The number of fused-ring (bicyclic) bond motifs is 1. The summed E-state index contributed by atoms with van der Waals surface area (Å²) in [4.78, 5) is 24.9. The minimum atomic E-state index is -1.03. The molecule has 2 heterocycles. The molecule has 3 rings (SSSR count). The van der Waals surface area contributed by atoms with E-state index in [4.69, 9.17) is 0 Å². The Kier molecular flexibility index (Phi) is 5.12. The Morgan fingerprint density at radius 3 is 2.81 bits per heavy atom. The third-order valence-electron chi connectivity index (χ3n) is 4.07. The van der Waals surface area contributed by atoms with Crippen LogP contribution in [0.2, 0.25) is 0 Å². The van der Waals surface area contributed by atoms with Gasteiger partial charge in [0.1, 0.15) is 17.8 Å². The quantitative estimate of drug-likeness (QED) is 0.446. The zero-order valence-corrected chi connectivity index (χ0v) is 14.6. The van der Waals surface area contributed by atoms with Gasteiger partial charge < -0.3 is 15.0 Å². The van der Waals surface area contributed by atoms with Gasteiger partial charge in [-0.25, -0.2) is 14.8 Å². The van der Waals surface area contributed by atoms with Gasteiger partial charge in [-0.15, -0.1) is 0 Å². The number of hydrazone groups is 1. The van der Waals surface area contributed by atoms with Gasteiger partial charge in [0, 0.05) is 35.6 Å². The minimum absolute atomic E-state index is 0.100. The smallest absolute Gasteiger partial charge is 0.353 e. The molecule has 0 saturated carbocycles. The number of carboxylic acid groups (broad SMARTS) is 1. The van der Waals surface area contributed by atoms with Crippen molar-refractivity contribution in [3.8, 4) is 0 Å². The van der Waals surface area contributed by atoms with Crippen LogP contribution in [0.3, 0.4) is 0 Å². The molecule has 0 radical (unpaired) electrons. The highest BCUT2D eigenvalue weighted by molar-refractivity contribution is 6.08. The van der Waals surface area contributed by atoms with Crippen LogP contribution >= 0.6 is 0 Å². The first kappa shape index (κ1) is 17.4. The maximum absolute atomic E-state index is 11.5. The van der Waals surface area contributed by atoms with Gasteiger partial charge in [-0.2, -0.15) is 5.10 Å². The van der Waals surface area contributed by atoms with Crippen molar-refractivity contribution in [2.24, 2.45) is 5.10 Å². The van der Waals surface area contributed by atoms with Gasteiger partial charge >= 0.3 is 5.97 Å². The first-order valence-electron chi connectivity index (χ1n) is 8.34. The minimum Gasteiger partial charge on any atom is -0.477 e. The molecule has 0 aliphatic carbocycles. The number of aromatic carboxylic acids is 1. The lowest BCUT2D eigenvalue weighted by Crippen LogP contribution is -2.23. The molecule has 0 unspecified atom stereocenters. The van der Waals surface area contributed by atoms with Gasteiger partial charge in [0.05, 0.1) is 6.21 Å². The highest BCUT2D eigenvalue weighted by Crippen LogP contribution is 2.21. The van der Waals surface area contributed by atoms with Gasteiger partial charge in [0.25, 0.3) is 0 Å². The molecule has 0 atom stereocenters. The van der Waals surface area contributed by atoms with E-state index in [0.717, 1.165) is 29.8 Å². The molecule has 0 aliphatic rings. The summed E-state index contributed by atoms with van der Waals surface area (Å²) in [6.07, 6.45) is 2.96. The second-order valence-electron chi connectivity index (χ2n) is 5.57. The predicted octanol–water partition coefficient (Wildman–Crippen LogP) is 2.95. The van der Waals surface area contributed by atoms with E-state index in [1.54, 1.807) is 6.07 Å². The number of benzene rings is 1. The summed E-state index contributed by atoms with van der Waals surface area (Å²) in [5.41, 5.74) is 4.20. The summed E-state index contributed by atoms with van der Waals surface area (Å²) in [6, 6.07) is 9.18. The molecule has 0 bridgehead atoms. The first-order chi connectivity index (χ1) is 12.6. The molecule has 3 aromatic rings. The zero-order chi connectivity index (χ0) is 18.5. The molecule has 0 spiro atoms. The normalized spacial score (nSPS) is 11.2. The second-order valence-corrected chi connectivity index (χ2v) is 5.57. The van der Waals surface area contributed by atoms with E-state index in [9.17, 15) is 9.90 Å². The standard InChI is InChI=1S/C18H20N6O2/c1-3-24(4-2)16-9-15(19-11-20-16)23-21-10-13-12-7-5-6-8-14(12)22-17(13)18(25)26/h5-11,22H,3-4H2,1-2H3,(H,25,26)(H,19,20,23)/b21-10+. The highest BCUT2D eigenvalue weighted by Gasteiger charge is 2.15. The molecular formula is C18H20N6O2. The van der Waals surface area contributed by atoms with Crippen LogP contribution in [-0.4, -0.2) is 45.3 Å². The number of rotatable bonds is 7. The molecule has 2 aromatic heterocycles. The number of carbonyl (C=O) groups is 1. The van der Waals surface area contributed by atoms with E-state index in [-0.39, 0.29) is 5.69 Å². The van der Waals surface area contributed by atoms with E-state index in [2.05, 4.69) is 44.2 Å². The molecule has 8 nitrogen and oxygen atoms in total. The van der Waals surface area contributed by atoms with Gasteiger partial charge in [-0.05, 0) is 19.9 Å². The lowest BCUT2D eigenvalue weighted by atomic mass is 10.1. The fraction of sp³-hybridized carbons (Fsp3) is 0.222. The Morgan fingerprint density at radius 2 is 2.08 bits per heavy atom. The number of aromatic nitrogens is 3. The fourth-order valence-corrected chi connectivity index (χ4v) is 2.76. The average molecular weight is 352 g/mol. The topological polar surface area (TPSA) is 106 Å². The second kappa shape index (κ2) is 7.64. The third-order valence-corrected chi connectivity index (χ3v) is 4.07. The van der Waals surface area contributed by atoms with E-state index < -0.39 is 5.97 Å². The number of carboxylic acids is 1. The van der Waals surface area contributed by atoms with Gasteiger partial charge in [-0.1, -0.05) is 18.2 Å². The maximum atomic E-state index is 11.5. The zero-order valence-electron chi connectivity index (χ0n) is 14.6. The van der Waals surface area contributed by atoms with Crippen molar-refractivity contribution in [2.45, 2.75) is 13.8 Å². The number of aromatic amines is 1. The highest BCUT2D eigenvalue weighted by atomic mass is 16.4. The van der Waals surface area contributed by atoms with Crippen molar-refractivity contribution in [3.63, 3.8) is 0 Å². The van der Waals surface area contributed by atoms with Crippen LogP contribution in [0.15, 0.2) is 41.8 Å². The Bertz CT molecular complexity index is 946. The molecular weight excluding hydrogens is 332 g/mol. The lowest BCUT2D eigenvalue weighted by molar-refractivity contribution is 0.0691. The summed E-state index contributed by atoms with van der Waals surface area (Å²) < 4.78 is 0. The van der Waals surface area contributed by atoms with E-state index in [1.807, 2.05) is 24.3 Å². The van der Waals surface area contributed by atoms with Crippen molar-refractivity contribution in [3.05, 3.63) is 47.9 Å². The molecule has 3 N–H and O–H groups in total. The molecule has 0 saturated heterocycles.